The lowest BCUT2D eigenvalue weighted by molar-refractivity contribution is -0.147. The van der Waals surface area contributed by atoms with E-state index in [4.69, 9.17) is 10.8 Å². The van der Waals surface area contributed by atoms with Crippen molar-refractivity contribution in [1.29, 1.82) is 0 Å². The van der Waals surface area contributed by atoms with Crippen molar-refractivity contribution in [3.63, 3.8) is 0 Å². The molecule has 0 bridgehead atoms. The fourth-order valence-electron chi connectivity index (χ4n) is 3.08. The number of carbonyl (C=O) groups is 5. The average molecular weight is 473 g/mol. The minimum Gasteiger partial charge on any atom is -0.481 e. The molecule has 0 heterocycles. The predicted molar refractivity (Wildman–Crippen MR) is 122 cm³/mol. The van der Waals surface area contributed by atoms with Crippen LogP contribution in [0.5, 0.6) is 0 Å². The van der Waals surface area contributed by atoms with Crippen LogP contribution < -0.4 is 21.7 Å². The molecule has 0 saturated heterocycles. The van der Waals surface area contributed by atoms with E-state index in [1.807, 2.05) is 27.7 Å². The zero-order valence-corrected chi connectivity index (χ0v) is 20.4. The van der Waals surface area contributed by atoms with E-state index in [2.05, 4.69) is 16.0 Å². The van der Waals surface area contributed by atoms with Crippen LogP contribution in [-0.4, -0.2) is 64.0 Å². The number of amides is 3. The summed E-state index contributed by atoms with van der Waals surface area (Å²) in [6.07, 6.45) is 0.667. The Morgan fingerprint density at radius 3 is 1.70 bits per heavy atom. The first-order valence-electron chi connectivity index (χ1n) is 11.4. The Hall–Kier alpha value is -2.69. The van der Waals surface area contributed by atoms with Crippen LogP contribution in [0.2, 0.25) is 0 Å². The van der Waals surface area contributed by atoms with Crippen LogP contribution in [0.3, 0.4) is 0 Å². The molecule has 3 amide bonds. The molecule has 0 aromatic heterocycles. The van der Waals surface area contributed by atoms with E-state index >= 15 is 0 Å². The number of hydrogen-bond acceptors (Lipinski definition) is 6. The van der Waals surface area contributed by atoms with Gasteiger partial charge in [0, 0.05) is 0 Å². The van der Waals surface area contributed by atoms with Crippen LogP contribution in [0, 0.1) is 17.8 Å². The molecule has 0 rings (SSSR count). The molecule has 0 aliphatic heterocycles. The number of hydrogen-bond donors (Lipinski definition) is 6. The molecule has 0 saturated carbocycles. The Morgan fingerprint density at radius 2 is 1.27 bits per heavy atom. The molecule has 6 unspecified atom stereocenters. The first kappa shape index (κ1) is 30.3. The summed E-state index contributed by atoms with van der Waals surface area (Å²) < 4.78 is 0. The highest BCUT2D eigenvalue weighted by molar-refractivity contribution is 5.94. The van der Waals surface area contributed by atoms with Gasteiger partial charge in [0.2, 0.25) is 17.7 Å². The van der Waals surface area contributed by atoms with Crippen molar-refractivity contribution in [2.24, 2.45) is 23.5 Å². The highest BCUT2D eigenvalue weighted by atomic mass is 16.4. The van der Waals surface area contributed by atoms with Crippen LogP contribution >= 0.6 is 0 Å². The molecule has 11 nitrogen and oxygen atoms in total. The number of aliphatic carboxylic acids is 2. The van der Waals surface area contributed by atoms with Crippen molar-refractivity contribution in [3.8, 4) is 0 Å². The number of carbonyl (C=O) groups excluding carboxylic acids is 3. The van der Waals surface area contributed by atoms with Gasteiger partial charge < -0.3 is 31.9 Å². The smallest absolute Gasteiger partial charge is 0.326 e. The van der Waals surface area contributed by atoms with Gasteiger partial charge in [-0.15, -0.1) is 0 Å². The summed E-state index contributed by atoms with van der Waals surface area (Å²) >= 11 is 0. The lowest BCUT2D eigenvalue weighted by Crippen LogP contribution is -2.59. The van der Waals surface area contributed by atoms with E-state index in [0.717, 1.165) is 0 Å². The molecule has 0 aromatic rings. The maximum Gasteiger partial charge on any atom is 0.326 e. The first-order valence-corrected chi connectivity index (χ1v) is 11.4. The largest absolute Gasteiger partial charge is 0.481 e. The normalized spacial score (nSPS) is 16.6. The minimum absolute atomic E-state index is 0.0451. The lowest BCUT2D eigenvalue weighted by atomic mass is 9.95. The van der Waals surface area contributed by atoms with Gasteiger partial charge in [-0.1, -0.05) is 54.4 Å². The molecule has 11 heteroatoms. The summed E-state index contributed by atoms with van der Waals surface area (Å²) in [6.45, 7) is 11.0. The van der Waals surface area contributed by atoms with Crippen LogP contribution in [0.15, 0.2) is 0 Å². The number of rotatable bonds is 15. The quantitative estimate of drug-likeness (QED) is 0.198. The van der Waals surface area contributed by atoms with Gasteiger partial charge >= 0.3 is 11.9 Å². The minimum atomic E-state index is -1.64. The van der Waals surface area contributed by atoms with E-state index in [1.165, 1.54) is 0 Å². The molecule has 0 radical (unpaired) electrons. The zero-order valence-electron chi connectivity index (χ0n) is 20.4. The lowest BCUT2D eigenvalue weighted by Gasteiger charge is -2.29. The Morgan fingerprint density at radius 1 is 0.758 bits per heavy atom. The molecular formula is C22H40N4O7. The SMILES string of the molecule is CCC(C)C(N)C(=O)NC(CC(C)C)C(=O)NC(C(=O)NC(CC(=O)O)C(=O)O)C(C)CC. The number of carboxylic acid groups (broad SMARTS) is 2. The van der Waals surface area contributed by atoms with Crippen molar-refractivity contribution in [2.45, 2.75) is 91.4 Å². The van der Waals surface area contributed by atoms with E-state index in [1.54, 1.807) is 13.8 Å². The summed E-state index contributed by atoms with van der Waals surface area (Å²) in [5.41, 5.74) is 5.98. The van der Waals surface area contributed by atoms with Crippen molar-refractivity contribution >= 4 is 29.7 Å². The second-order valence-corrected chi connectivity index (χ2v) is 8.97. The Labute approximate surface area is 195 Å². The first-order chi connectivity index (χ1) is 15.2. The van der Waals surface area contributed by atoms with Crippen molar-refractivity contribution in [1.82, 2.24) is 16.0 Å². The van der Waals surface area contributed by atoms with Crippen LogP contribution in [0.4, 0.5) is 0 Å². The van der Waals surface area contributed by atoms with E-state index in [0.29, 0.717) is 19.3 Å². The predicted octanol–water partition coefficient (Wildman–Crippen LogP) is 0.466. The third-order valence-corrected chi connectivity index (χ3v) is 5.69. The van der Waals surface area contributed by atoms with Gasteiger partial charge in [0.05, 0.1) is 12.5 Å². The molecule has 0 aliphatic carbocycles. The number of carboxylic acids is 2. The van der Waals surface area contributed by atoms with E-state index in [-0.39, 0.29) is 17.8 Å². The van der Waals surface area contributed by atoms with E-state index < -0.39 is 60.2 Å². The van der Waals surface area contributed by atoms with E-state index in [9.17, 15) is 29.1 Å². The maximum absolute atomic E-state index is 13.1. The number of nitrogens with two attached hydrogens (primary N) is 1. The molecule has 190 valence electrons. The van der Waals surface area contributed by atoms with Gasteiger partial charge in [0.15, 0.2) is 0 Å². The van der Waals surface area contributed by atoms with Gasteiger partial charge in [-0.25, -0.2) is 4.79 Å². The fourth-order valence-corrected chi connectivity index (χ4v) is 3.08. The van der Waals surface area contributed by atoms with Crippen molar-refractivity contribution < 1.29 is 34.2 Å². The highest BCUT2D eigenvalue weighted by Crippen LogP contribution is 2.12. The Balaban J connectivity index is 5.61. The Kier molecular flexibility index (Phi) is 13.3. The number of nitrogens with one attached hydrogen (secondary N) is 3. The molecule has 0 aromatic carbocycles. The van der Waals surface area contributed by atoms with Gasteiger partial charge in [0.1, 0.15) is 18.1 Å². The van der Waals surface area contributed by atoms with Crippen LogP contribution in [-0.2, 0) is 24.0 Å². The summed E-state index contributed by atoms with van der Waals surface area (Å²) in [6, 6.07) is -4.49. The standard InChI is InChI=1S/C22H40N4O7/c1-7-12(5)17(23)20(30)24-14(9-11(3)4)19(29)26-18(13(6)8-2)21(31)25-15(22(32)33)10-16(27)28/h11-15,17-18H,7-10,23H2,1-6H3,(H,24,30)(H,25,31)(H,26,29)(H,27,28)(H,32,33). The second-order valence-electron chi connectivity index (χ2n) is 8.97. The summed E-state index contributed by atoms with van der Waals surface area (Å²) in [4.78, 5) is 60.6. The second kappa shape index (κ2) is 14.5. The topological polar surface area (TPSA) is 188 Å². The van der Waals surface area contributed by atoms with Gasteiger partial charge in [0.25, 0.3) is 0 Å². The molecular weight excluding hydrogens is 432 g/mol. The average Bonchev–Trinajstić information content (AvgIpc) is 2.73. The van der Waals surface area contributed by atoms with Crippen LogP contribution in [0.1, 0.15) is 67.2 Å². The third kappa shape index (κ3) is 10.6. The monoisotopic (exact) mass is 472 g/mol. The summed E-state index contributed by atoms with van der Waals surface area (Å²) in [7, 11) is 0. The summed E-state index contributed by atoms with van der Waals surface area (Å²) in [5, 5.41) is 25.6. The van der Waals surface area contributed by atoms with Gasteiger partial charge in [-0.2, -0.15) is 0 Å². The Bertz CT molecular complexity index is 698. The zero-order chi connectivity index (χ0) is 25.9. The summed E-state index contributed by atoms with van der Waals surface area (Å²) in [5.74, 6) is -5.19. The van der Waals surface area contributed by atoms with Crippen molar-refractivity contribution in [3.05, 3.63) is 0 Å². The van der Waals surface area contributed by atoms with Crippen molar-refractivity contribution in [2.75, 3.05) is 0 Å². The molecule has 0 aliphatic rings. The molecule has 33 heavy (non-hydrogen) atoms. The molecule has 6 atom stereocenters. The van der Waals surface area contributed by atoms with Gasteiger partial charge in [-0.3, -0.25) is 19.2 Å². The third-order valence-electron chi connectivity index (χ3n) is 5.69. The fraction of sp³-hybridized carbons (Fsp3) is 0.773. The van der Waals surface area contributed by atoms with Gasteiger partial charge in [-0.05, 0) is 24.2 Å². The molecule has 0 fully saturated rings. The van der Waals surface area contributed by atoms with Crippen LogP contribution in [0.25, 0.3) is 0 Å². The molecule has 0 spiro atoms. The molecule has 7 N–H and O–H groups in total. The maximum atomic E-state index is 13.1. The highest BCUT2D eigenvalue weighted by Gasteiger charge is 2.33.